The number of carboxylic acids is 2. The van der Waals surface area contributed by atoms with Crippen LogP contribution < -0.4 is 4.74 Å². The van der Waals surface area contributed by atoms with Crippen LogP contribution in [0.4, 0.5) is 0 Å². The summed E-state index contributed by atoms with van der Waals surface area (Å²) in [5.74, 6) is -2.08. The van der Waals surface area contributed by atoms with Crippen molar-refractivity contribution in [3.05, 3.63) is 59.2 Å². The van der Waals surface area contributed by atoms with E-state index in [1.54, 1.807) is 24.3 Å². The van der Waals surface area contributed by atoms with E-state index in [9.17, 15) is 14.4 Å². The maximum absolute atomic E-state index is 11.1. The van der Waals surface area contributed by atoms with E-state index in [1.165, 1.54) is 12.1 Å². The maximum Gasteiger partial charge on any atom is 0.336 e. The molecule has 2 rings (SSSR count). The Balaban J connectivity index is 2.31. The van der Waals surface area contributed by atoms with Crippen molar-refractivity contribution < 1.29 is 29.3 Å². The Morgan fingerprint density at radius 3 is 1.95 bits per heavy atom. The van der Waals surface area contributed by atoms with Crippen molar-refractivity contribution >= 4 is 18.2 Å². The van der Waals surface area contributed by atoms with Gasteiger partial charge in [-0.1, -0.05) is 0 Å². The fourth-order valence-corrected chi connectivity index (χ4v) is 1.70. The summed E-state index contributed by atoms with van der Waals surface area (Å²) in [7, 11) is 0. The molecule has 2 aromatic rings. The van der Waals surface area contributed by atoms with Crippen molar-refractivity contribution in [2.45, 2.75) is 0 Å². The van der Waals surface area contributed by atoms with E-state index in [2.05, 4.69) is 0 Å². The van der Waals surface area contributed by atoms with Gasteiger partial charge in [0.15, 0.2) is 0 Å². The Hall–Kier alpha value is -3.15. The molecule has 2 aromatic carbocycles. The summed E-state index contributed by atoms with van der Waals surface area (Å²) in [6, 6.07) is 9.87. The van der Waals surface area contributed by atoms with Gasteiger partial charge in [0.25, 0.3) is 0 Å². The van der Waals surface area contributed by atoms with Gasteiger partial charge in [-0.2, -0.15) is 0 Å². The predicted octanol–water partition coefficient (Wildman–Crippen LogP) is 2.69. The molecule has 6 heteroatoms. The van der Waals surface area contributed by atoms with Crippen LogP contribution >= 0.6 is 0 Å². The van der Waals surface area contributed by atoms with Crippen LogP contribution in [0.25, 0.3) is 0 Å². The molecule has 0 unspecified atom stereocenters. The van der Waals surface area contributed by atoms with Gasteiger partial charge >= 0.3 is 11.9 Å². The molecule has 0 aromatic heterocycles. The molecule has 0 atom stereocenters. The van der Waals surface area contributed by atoms with Crippen molar-refractivity contribution in [3.63, 3.8) is 0 Å². The lowest BCUT2D eigenvalue weighted by atomic mass is 10.1. The molecule has 0 saturated carbocycles. The molecule has 0 aliphatic heterocycles. The van der Waals surface area contributed by atoms with E-state index in [4.69, 9.17) is 14.9 Å². The zero-order valence-electron chi connectivity index (χ0n) is 10.6. The van der Waals surface area contributed by atoms with Crippen LogP contribution in [0.15, 0.2) is 42.5 Å². The Labute approximate surface area is 119 Å². The zero-order valence-corrected chi connectivity index (χ0v) is 10.6. The Bertz CT molecular complexity index is 703. The smallest absolute Gasteiger partial charge is 0.336 e. The molecular formula is C15H10O6. The summed E-state index contributed by atoms with van der Waals surface area (Å²) < 4.78 is 5.43. The number of aromatic carboxylic acids is 2. The van der Waals surface area contributed by atoms with Crippen molar-refractivity contribution in [3.8, 4) is 11.5 Å². The molecule has 21 heavy (non-hydrogen) atoms. The van der Waals surface area contributed by atoms with Gasteiger partial charge in [-0.3, -0.25) is 4.79 Å². The molecule has 0 saturated heterocycles. The first kappa shape index (κ1) is 14.3. The molecule has 0 amide bonds. The second-order valence-corrected chi connectivity index (χ2v) is 4.11. The summed E-state index contributed by atoms with van der Waals surface area (Å²) in [5.41, 5.74) is -0.189. The Morgan fingerprint density at radius 2 is 1.43 bits per heavy atom. The molecule has 106 valence electrons. The summed E-state index contributed by atoms with van der Waals surface area (Å²) in [5, 5.41) is 17.9. The minimum atomic E-state index is -1.35. The number of hydrogen-bond donors (Lipinski definition) is 2. The monoisotopic (exact) mass is 286 g/mol. The average Bonchev–Trinajstić information content (AvgIpc) is 2.47. The quantitative estimate of drug-likeness (QED) is 0.819. The van der Waals surface area contributed by atoms with E-state index in [0.717, 1.165) is 6.07 Å². The van der Waals surface area contributed by atoms with Gasteiger partial charge in [0, 0.05) is 5.56 Å². The molecule has 2 N–H and O–H groups in total. The lowest BCUT2D eigenvalue weighted by molar-refractivity contribution is 0.0651. The molecule has 0 heterocycles. The summed E-state index contributed by atoms with van der Waals surface area (Å²) in [6.45, 7) is 0. The summed E-state index contributed by atoms with van der Waals surface area (Å²) in [6.07, 6.45) is 0.688. The predicted molar refractivity (Wildman–Crippen MR) is 72.3 cm³/mol. The van der Waals surface area contributed by atoms with Crippen molar-refractivity contribution in [1.29, 1.82) is 0 Å². The van der Waals surface area contributed by atoms with Gasteiger partial charge in [0.1, 0.15) is 17.8 Å². The normalized spacial score (nSPS) is 9.90. The second-order valence-electron chi connectivity index (χ2n) is 4.11. The highest BCUT2D eigenvalue weighted by Crippen LogP contribution is 2.24. The number of rotatable bonds is 5. The number of aldehydes is 1. The number of carbonyl (C=O) groups excluding carboxylic acids is 1. The highest BCUT2D eigenvalue weighted by molar-refractivity contribution is 6.02. The SMILES string of the molecule is O=Cc1ccc(Oc2ccc(C(=O)O)c(C(=O)O)c2)cc1. The van der Waals surface area contributed by atoms with E-state index in [0.29, 0.717) is 17.6 Å². The van der Waals surface area contributed by atoms with Crippen LogP contribution in [0.1, 0.15) is 31.1 Å². The highest BCUT2D eigenvalue weighted by Gasteiger charge is 2.17. The van der Waals surface area contributed by atoms with Gasteiger partial charge in [-0.15, -0.1) is 0 Å². The Kier molecular flexibility index (Phi) is 3.99. The van der Waals surface area contributed by atoms with Gasteiger partial charge in [0.2, 0.25) is 0 Å². The Morgan fingerprint density at radius 1 is 0.857 bits per heavy atom. The van der Waals surface area contributed by atoms with Crippen LogP contribution in [0.2, 0.25) is 0 Å². The van der Waals surface area contributed by atoms with Gasteiger partial charge in [-0.25, -0.2) is 9.59 Å². The number of carbonyl (C=O) groups is 3. The first-order valence-electron chi connectivity index (χ1n) is 5.85. The fourth-order valence-electron chi connectivity index (χ4n) is 1.70. The molecular weight excluding hydrogens is 276 g/mol. The van der Waals surface area contributed by atoms with Gasteiger partial charge in [-0.05, 0) is 42.5 Å². The fraction of sp³-hybridized carbons (Fsp3) is 0. The van der Waals surface area contributed by atoms with Crippen LogP contribution in [0.3, 0.4) is 0 Å². The average molecular weight is 286 g/mol. The van der Waals surface area contributed by atoms with E-state index >= 15 is 0 Å². The van der Waals surface area contributed by atoms with E-state index in [-0.39, 0.29) is 16.9 Å². The van der Waals surface area contributed by atoms with Crippen LogP contribution in [-0.4, -0.2) is 28.4 Å². The third-order valence-corrected chi connectivity index (χ3v) is 2.70. The van der Waals surface area contributed by atoms with Crippen LogP contribution in [0, 0.1) is 0 Å². The third-order valence-electron chi connectivity index (χ3n) is 2.70. The van der Waals surface area contributed by atoms with E-state index < -0.39 is 11.9 Å². The number of hydrogen-bond acceptors (Lipinski definition) is 4. The molecule has 0 aliphatic carbocycles. The molecule has 0 bridgehead atoms. The highest BCUT2D eigenvalue weighted by atomic mass is 16.5. The molecule has 6 nitrogen and oxygen atoms in total. The topological polar surface area (TPSA) is 101 Å². The van der Waals surface area contributed by atoms with Crippen molar-refractivity contribution in [2.24, 2.45) is 0 Å². The first-order valence-corrected chi connectivity index (χ1v) is 5.85. The van der Waals surface area contributed by atoms with E-state index in [1.807, 2.05) is 0 Å². The number of benzene rings is 2. The number of ether oxygens (including phenoxy) is 1. The lowest BCUT2D eigenvalue weighted by Gasteiger charge is -2.08. The molecule has 0 fully saturated rings. The second kappa shape index (κ2) is 5.87. The zero-order chi connectivity index (χ0) is 15.4. The molecule has 0 radical (unpaired) electrons. The molecule has 0 spiro atoms. The third kappa shape index (κ3) is 3.24. The summed E-state index contributed by atoms with van der Waals surface area (Å²) in [4.78, 5) is 32.5. The minimum absolute atomic E-state index is 0.191. The maximum atomic E-state index is 11.1. The van der Waals surface area contributed by atoms with Gasteiger partial charge in [0.05, 0.1) is 11.1 Å². The largest absolute Gasteiger partial charge is 0.478 e. The summed E-state index contributed by atoms with van der Waals surface area (Å²) >= 11 is 0. The van der Waals surface area contributed by atoms with Crippen molar-refractivity contribution in [2.75, 3.05) is 0 Å². The first-order chi connectivity index (χ1) is 10.0. The van der Waals surface area contributed by atoms with Crippen molar-refractivity contribution in [1.82, 2.24) is 0 Å². The molecule has 0 aliphatic rings. The number of carboxylic acid groups (broad SMARTS) is 2. The standard InChI is InChI=1S/C15H10O6/c16-8-9-1-3-10(4-2-9)21-11-5-6-12(14(17)18)13(7-11)15(19)20/h1-8H,(H,17,18)(H,19,20). The van der Waals surface area contributed by atoms with Gasteiger partial charge < -0.3 is 14.9 Å². The van der Waals surface area contributed by atoms with Crippen LogP contribution in [-0.2, 0) is 0 Å². The minimum Gasteiger partial charge on any atom is -0.478 e. The van der Waals surface area contributed by atoms with Crippen LogP contribution in [0.5, 0.6) is 11.5 Å². The lowest BCUT2D eigenvalue weighted by Crippen LogP contribution is -2.07.